The van der Waals surface area contributed by atoms with Gasteiger partial charge in [0, 0.05) is 48.2 Å². The highest BCUT2D eigenvalue weighted by atomic mass is 16.3. The SMILES string of the molecule is CCCN=c1cc2c(=O)n(CCC)c(=O)c3c(NCCC)cc4c(O)n(CCC)c(=O)c1c4c3-2. The van der Waals surface area contributed by atoms with Crippen LogP contribution in [0.4, 0.5) is 5.69 Å². The van der Waals surface area contributed by atoms with Gasteiger partial charge in [0.15, 0.2) is 0 Å². The molecule has 1 aromatic carbocycles. The van der Waals surface area contributed by atoms with Crippen molar-refractivity contribution < 1.29 is 5.11 Å². The van der Waals surface area contributed by atoms with E-state index in [0.717, 1.165) is 12.8 Å². The van der Waals surface area contributed by atoms with Crippen molar-refractivity contribution in [3.05, 3.63) is 48.6 Å². The second-order valence-corrected chi connectivity index (χ2v) is 8.77. The third-order valence-electron chi connectivity index (χ3n) is 6.24. The zero-order chi connectivity index (χ0) is 24.6. The molecule has 4 rings (SSSR count). The van der Waals surface area contributed by atoms with E-state index < -0.39 is 0 Å². The molecule has 0 unspecified atom stereocenters. The van der Waals surface area contributed by atoms with Crippen molar-refractivity contribution in [3.63, 3.8) is 0 Å². The zero-order valence-electron chi connectivity index (χ0n) is 20.3. The summed E-state index contributed by atoms with van der Waals surface area (Å²) in [5, 5.41) is 16.5. The van der Waals surface area contributed by atoms with Crippen LogP contribution in [0.1, 0.15) is 53.4 Å². The molecule has 0 spiro atoms. The predicted molar refractivity (Wildman–Crippen MR) is 137 cm³/mol. The third-order valence-corrected chi connectivity index (χ3v) is 6.24. The first kappa shape index (κ1) is 23.7. The van der Waals surface area contributed by atoms with Gasteiger partial charge in [0.25, 0.3) is 16.7 Å². The summed E-state index contributed by atoms with van der Waals surface area (Å²) in [5.41, 5.74) is 0.217. The number of benzene rings is 2. The van der Waals surface area contributed by atoms with E-state index in [0.29, 0.717) is 82.7 Å². The summed E-state index contributed by atoms with van der Waals surface area (Å²) in [5.74, 6) is -0.153. The van der Waals surface area contributed by atoms with E-state index in [9.17, 15) is 19.5 Å². The van der Waals surface area contributed by atoms with Crippen LogP contribution < -0.4 is 27.4 Å². The molecule has 0 saturated carbocycles. The molecule has 34 heavy (non-hydrogen) atoms. The van der Waals surface area contributed by atoms with Gasteiger partial charge in [0.1, 0.15) is 0 Å². The van der Waals surface area contributed by atoms with E-state index in [4.69, 9.17) is 0 Å². The predicted octanol–water partition coefficient (Wildman–Crippen LogP) is 3.32. The molecule has 8 nitrogen and oxygen atoms in total. The Kier molecular flexibility index (Phi) is 6.59. The Labute approximate surface area is 197 Å². The number of pyridine rings is 2. The third kappa shape index (κ3) is 3.52. The Bertz CT molecular complexity index is 1550. The van der Waals surface area contributed by atoms with Crippen LogP contribution in [0.5, 0.6) is 5.88 Å². The lowest BCUT2D eigenvalue weighted by atomic mass is 9.89. The first-order valence-corrected chi connectivity index (χ1v) is 12.2. The van der Waals surface area contributed by atoms with Crippen LogP contribution in [-0.2, 0) is 13.1 Å². The zero-order valence-corrected chi connectivity index (χ0v) is 20.3. The van der Waals surface area contributed by atoms with Gasteiger partial charge in [-0.3, -0.25) is 28.5 Å². The second kappa shape index (κ2) is 9.44. The van der Waals surface area contributed by atoms with Crippen LogP contribution >= 0.6 is 0 Å². The average Bonchev–Trinajstić information content (AvgIpc) is 2.83. The Hall–Kier alpha value is -3.42. The monoisotopic (exact) mass is 464 g/mol. The first-order valence-electron chi connectivity index (χ1n) is 12.2. The van der Waals surface area contributed by atoms with Gasteiger partial charge < -0.3 is 10.4 Å². The minimum absolute atomic E-state index is 0.153. The number of aromatic nitrogens is 2. The van der Waals surface area contributed by atoms with E-state index in [1.54, 1.807) is 12.1 Å². The molecule has 2 aromatic rings. The molecule has 2 aliphatic rings. The topological polar surface area (TPSA) is 106 Å². The Balaban J connectivity index is 2.37. The molecule has 0 radical (unpaired) electrons. The van der Waals surface area contributed by atoms with Crippen molar-refractivity contribution in [2.75, 3.05) is 18.4 Å². The molecule has 1 aliphatic carbocycles. The van der Waals surface area contributed by atoms with Gasteiger partial charge in [0.05, 0.1) is 21.7 Å². The molecular formula is C26H32N4O4. The first-order chi connectivity index (χ1) is 16.4. The van der Waals surface area contributed by atoms with Crippen molar-refractivity contribution in [2.45, 2.75) is 66.5 Å². The van der Waals surface area contributed by atoms with Crippen molar-refractivity contribution in [2.24, 2.45) is 4.99 Å². The number of hydrogen-bond donors (Lipinski definition) is 2. The average molecular weight is 465 g/mol. The van der Waals surface area contributed by atoms with E-state index in [-0.39, 0.29) is 22.6 Å². The van der Waals surface area contributed by atoms with Crippen molar-refractivity contribution >= 4 is 27.2 Å². The largest absolute Gasteiger partial charge is 0.494 e. The van der Waals surface area contributed by atoms with Crippen LogP contribution in [0.2, 0.25) is 0 Å². The minimum Gasteiger partial charge on any atom is -0.494 e. The van der Waals surface area contributed by atoms with Gasteiger partial charge in [-0.05, 0) is 37.8 Å². The van der Waals surface area contributed by atoms with Crippen LogP contribution in [-0.4, -0.2) is 27.3 Å². The fourth-order valence-corrected chi connectivity index (χ4v) is 4.77. The lowest BCUT2D eigenvalue weighted by Crippen LogP contribution is -2.37. The van der Waals surface area contributed by atoms with Crippen molar-refractivity contribution in [3.8, 4) is 17.0 Å². The molecule has 2 N–H and O–H groups in total. The lowest BCUT2D eigenvalue weighted by molar-refractivity contribution is 0.413. The van der Waals surface area contributed by atoms with Crippen LogP contribution in [0, 0.1) is 0 Å². The maximum Gasteiger partial charge on any atom is 0.263 e. The molecule has 0 saturated heterocycles. The number of rotatable bonds is 9. The van der Waals surface area contributed by atoms with Gasteiger partial charge in [-0.25, -0.2) is 0 Å². The highest BCUT2D eigenvalue weighted by molar-refractivity contribution is 6.18. The van der Waals surface area contributed by atoms with Gasteiger partial charge in [-0.1, -0.05) is 27.7 Å². The molecule has 1 aliphatic heterocycles. The molecule has 0 bridgehead atoms. The number of nitrogens with one attached hydrogen (secondary N) is 1. The summed E-state index contributed by atoms with van der Waals surface area (Å²) in [6, 6.07) is 3.40. The fraction of sp³-hybridized carbons (Fsp3) is 0.462. The molecule has 0 atom stereocenters. The quantitative estimate of drug-likeness (QED) is 0.370. The van der Waals surface area contributed by atoms with E-state index in [1.165, 1.54) is 9.13 Å². The molecule has 2 heterocycles. The van der Waals surface area contributed by atoms with E-state index in [2.05, 4.69) is 10.3 Å². The number of hydrogen-bond acceptors (Lipinski definition) is 6. The van der Waals surface area contributed by atoms with Crippen LogP contribution in [0.3, 0.4) is 0 Å². The summed E-state index contributed by atoms with van der Waals surface area (Å²) in [4.78, 5) is 45.3. The Morgan fingerprint density at radius 2 is 1.50 bits per heavy atom. The Morgan fingerprint density at radius 3 is 2.15 bits per heavy atom. The summed E-state index contributed by atoms with van der Waals surface area (Å²) in [6.45, 7) is 9.65. The summed E-state index contributed by atoms with van der Waals surface area (Å²) in [7, 11) is 0. The van der Waals surface area contributed by atoms with Crippen molar-refractivity contribution in [1.82, 2.24) is 9.13 Å². The van der Waals surface area contributed by atoms with Crippen LogP contribution in [0.15, 0.2) is 31.5 Å². The summed E-state index contributed by atoms with van der Waals surface area (Å²) >= 11 is 0. The fourth-order valence-electron chi connectivity index (χ4n) is 4.77. The minimum atomic E-state index is -0.389. The highest BCUT2D eigenvalue weighted by Crippen LogP contribution is 2.40. The van der Waals surface area contributed by atoms with Gasteiger partial charge in [-0.2, -0.15) is 0 Å². The van der Waals surface area contributed by atoms with Crippen molar-refractivity contribution in [1.29, 1.82) is 0 Å². The number of aromatic hydroxyl groups is 1. The van der Waals surface area contributed by atoms with Gasteiger partial charge >= 0.3 is 0 Å². The standard InChI is InChI=1S/C26H32N4O4/c1-5-9-27-17-13-15-20-19-16(24(32)29(11-7-3)25(33)21(17)19)14-18(28-10-6-2)22(20)26(34)30(12-8-4)23(15)31/h13-14,27,31H,5-12H2,1-4H3. The maximum atomic E-state index is 13.6. The number of anilines is 1. The van der Waals surface area contributed by atoms with Gasteiger partial charge in [-0.15, -0.1) is 0 Å². The Morgan fingerprint density at radius 1 is 0.824 bits per heavy atom. The maximum absolute atomic E-state index is 13.6. The normalized spacial score (nSPS) is 12.5. The smallest absolute Gasteiger partial charge is 0.263 e. The summed E-state index contributed by atoms with van der Waals surface area (Å²) < 4.78 is 2.64. The molecule has 0 amide bonds. The molecule has 0 fully saturated rings. The molecule has 1 aromatic heterocycles. The number of nitrogens with zero attached hydrogens (tertiary/aromatic N) is 3. The molecular weight excluding hydrogens is 432 g/mol. The van der Waals surface area contributed by atoms with Crippen LogP contribution in [0.25, 0.3) is 32.7 Å². The highest BCUT2D eigenvalue weighted by Gasteiger charge is 2.28. The lowest BCUT2D eigenvalue weighted by Gasteiger charge is -2.22. The van der Waals surface area contributed by atoms with E-state index in [1.807, 2.05) is 27.7 Å². The molecule has 8 heteroatoms. The second-order valence-electron chi connectivity index (χ2n) is 8.77. The van der Waals surface area contributed by atoms with Gasteiger partial charge in [0.2, 0.25) is 5.88 Å². The molecule has 180 valence electrons. The van der Waals surface area contributed by atoms with E-state index >= 15 is 0 Å². The summed E-state index contributed by atoms with van der Waals surface area (Å²) in [6.07, 6.45) is 2.91.